The number of halogens is 2. The third-order valence-corrected chi connectivity index (χ3v) is 1.05. The maximum absolute atomic E-state index is 12.4. The Hall–Kier alpha value is -0.180. The van der Waals surface area contributed by atoms with Crippen molar-refractivity contribution in [2.24, 2.45) is 0 Å². The van der Waals surface area contributed by atoms with Gasteiger partial charge in [0.05, 0.1) is 6.54 Å². The van der Waals surface area contributed by atoms with Gasteiger partial charge in [-0.2, -0.15) is 0 Å². The van der Waals surface area contributed by atoms with Gasteiger partial charge in [0.25, 0.3) is 5.92 Å². The second kappa shape index (κ2) is 3.77. The maximum atomic E-state index is 12.4. The van der Waals surface area contributed by atoms with Gasteiger partial charge in [0.2, 0.25) is 0 Å². The molecule has 0 aromatic heterocycles. The van der Waals surface area contributed by atoms with E-state index in [9.17, 15) is 8.78 Å². The first-order valence-electron chi connectivity index (χ1n) is 3.15. The smallest absolute Gasteiger partial charge is 0.260 e. The molecule has 0 aliphatic heterocycles. The summed E-state index contributed by atoms with van der Waals surface area (Å²) in [7, 11) is 1.53. The van der Waals surface area contributed by atoms with Crippen molar-refractivity contribution in [2.45, 2.75) is 25.7 Å². The second-order valence-electron chi connectivity index (χ2n) is 2.14. The lowest BCUT2D eigenvalue weighted by molar-refractivity contribution is -0.00524. The first kappa shape index (κ1) is 8.82. The van der Waals surface area contributed by atoms with Crippen molar-refractivity contribution in [1.29, 1.82) is 0 Å². The molecule has 9 heavy (non-hydrogen) atoms. The quantitative estimate of drug-likeness (QED) is 0.621. The van der Waals surface area contributed by atoms with Gasteiger partial charge in [0.15, 0.2) is 0 Å². The normalized spacial score (nSPS) is 12.0. The molecule has 0 rings (SSSR count). The molecule has 0 aliphatic rings. The molecule has 0 bridgehead atoms. The minimum Gasteiger partial charge on any atom is -0.314 e. The lowest BCUT2D eigenvalue weighted by Crippen LogP contribution is -2.29. The summed E-state index contributed by atoms with van der Waals surface area (Å²) < 4.78 is 24.7. The van der Waals surface area contributed by atoms with Gasteiger partial charge in [-0.05, 0) is 7.05 Å². The molecule has 0 aromatic carbocycles. The first-order valence-corrected chi connectivity index (χ1v) is 3.15. The van der Waals surface area contributed by atoms with Crippen LogP contribution in [0.1, 0.15) is 19.8 Å². The summed E-state index contributed by atoms with van der Waals surface area (Å²) in [5, 5.41) is 2.44. The minimum absolute atomic E-state index is 0.0200. The van der Waals surface area contributed by atoms with E-state index in [1.165, 1.54) is 7.05 Å². The standard InChI is InChI=1S/C6H13F2N/c1-3-4-6(7,8)5-9-2/h9H,3-5H2,1-2H3. The van der Waals surface area contributed by atoms with Gasteiger partial charge in [0.1, 0.15) is 0 Å². The Balaban J connectivity index is 3.43. The summed E-state index contributed by atoms with van der Waals surface area (Å²) >= 11 is 0. The maximum Gasteiger partial charge on any atom is 0.260 e. The molecule has 0 fully saturated rings. The van der Waals surface area contributed by atoms with Crippen molar-refractivity contribution in [1.82, 2.24) is 5.32 Å². The summed E-state index contributed by atoms with van der Waals surface area (Å²) in [5.41, 5.74) is 0. The minimum atomic E-state index is -2.51. The summed E-state index contributed by atoms with van der Waals surface area (Å²) in [6.07, 6.45) is 0.516. The SMILES string of the molecule is CCCC(F)(F)CNC. The molecule has 0 amide bonds. The van der Waals surface area contributed by atoms with Crippen molar-refractivity contribution < 1.29 is 8.78 Å². The molecule has 3 heteroatoms. The average molecular weight is 137 g/mol. The molecule has 0 saturated heterocycles. The van der Waals surface area contributed by atoms with Crippen LogP contribution in [0.3, 0.4) is 0 Å². The van der Waals surface area contributed by atoms with Crippen LogP contribution in [-0.4, -0.2) is 19.5 Å². The van der Waals surface area contributed by atoms with Gasteiger partial charge in [-0.1, -0.05) is 13.3 Å². The largest absolute Gasteiger partial charge is 0.314 e. The van der Waals surface area contributed by atoms with E-state index in [1.807, 2.05) is 0 Å². The predicted molar refractivity (Wildman–Crippen MR) is 33.8 cm³/mol. The summed E-state index contributed by atoms with van der Waals surface area (Å²) in [5.74, 6) is -2.51. The monoisotopic (exact) mass is 137 g/mol. The Labute approximate surface area is 54.4 Å². The van der Waals surface area contributed by atoms with Crippen molar-refractivity contribution in [2.75, 3.05) is 13.6 Å². The Kier molecular flexibility index (Phi) is 3.70. The van der Waals surface area contributed by atoms with E-state index in [1.54, 1.807) is 6.92 Å². The van der Waals surface area contributed by atoms with Gasteiger partial charge in [0, 0.05) is 6.42 Å². The highest BCUT2D eigenvalue weighted by molar-refractivity contribution is 4.66. The van der Waals surface area contributed by atoms with Crippen LogP contribution in [0.25, 0.3) is 0 Å². The van der Waals surface area contributed by atoms with Crippen LogP contribution in [0.5, 0.6) is 0 Å². The average Bonchev–Trinajstić information content (AvgIpc) is 1.64. The van der Waals surface area contributed by atoms with Crippen LogP contribution >= 0.6 is 0 Å². The molecular formula is C6H13F2N. The molecule has 0 radical (unpaired) electrons. The fourth-order valence-corrected chi connectivity index (χ4v) is 0.713. The zero-order valence-corrected chi connectivity index (χ0v) is 5.88. The van der Waals surface area contributed by atoms with E-state index in [2.05, 4.69) is 5.32 Å². The van der Waals surface area contributed by atoms with Crippen LogP contribution in [0.15, 0.2) is 0 Å². The van der Waals surface area contributed by atoms with Crippen molar-refractivity contribution in [3.8, 4) is 0 Å². The van der Waals surface area contributed by atoms with E-state index in [0.717, 1.165) is 0 Å². The highest BCUT2D eigenvalue weighted by Crippen LogP contribution is 2.18. The van der Waals surface area contributed by atoms with E-state index in [4.69, 9.17) is 0 Å². The summed E-state index contributed by atoms with van der Waals surface area (Å²) in [6.45, 7) is 1.55. The highest BCUT2D eigenvalue weighted by Gasteiger charge is 2.25. The number of hydrogen-bond acceptors (Lipinski definition) is 1. The molecule has 0 heterocycles. The van der Waals surface area contributed by atoms with Crippen LogP contribution in [0.4, 0.5) is 8.78 Å². The van der Waals surface area contributed by atoms with Gasteiger partial charge in [-0.15, -0.1) is 0 Å². The fraction of sp³-hybridized carbons (Fsp3) is 1.00. The van der Waals surface area contributed by atoms with Crippen molar-refractivity contribution in [3.05, 3.63) is 0 Å². The Bertz CT molecular complexity index is 65.5. The number of hydrogen-bond donors (Lipinski definition) is 1. The third-order valence-electron chi connectivity index (χ3n) is 1.05. The zero-order chi connectivity index (χ0) is 7.33. The summed E-state index contributed by atoms with van der Waals surface area (Å²) in [6, 6.07) is 0. The van der Waals surface area contributed by atoms with Crippen LogP contribution in [-0.2, 0) is 0 Å². The molecule has 56 valence electrons. The molecule has 0 aliphatic carbocycles. The molecule has 0 aromatic rings. The molecular weight excluding hydrogens is 124 g/mol. The van der Waals surface area contributed by atoms with Crippen molar-refractivity contribution >= 4 is 0 Å². The molecule has 1 nitrogen and oxygen atoms in total. The first-order chi connectivity index (χ1) is 4.12. The van der Waals surface area contributed by atoms with E-state index in [-0.39, 0.29) is 13.0 Å². The Morgan fingerprint density at radius 2 is 2.00 bits per heavy atom. The van der Waals surface area contributed by atoms with Gasteiger partial charge in [-0.25, -0.2) is 8.78 Å². The van der Waals surface area contributed by atoms with Gasteiger partial charge in [-0.3, -0.25) is 0 Å². The van der Waals surface area contributed by atoms with Crippen molar-refractivity contribution in [3.63, 3.8) is 0 Å². The molecule has 1 N–H and O–H groups in total. The molecule has 0 unspecified atom stereocenters. The van der Waals surface area contributed by atoms with Crippen LogP contribution in [0.2, 0.25) is 0 Å². The molecule has 0 atom stereocenters. The molecule has 0 saturated carbocycles. The molecule has 0 spiro atoms. The lowest BCUT2D eigenvalue weighted by Gasteiger charge is -2.13. The van der Waals surface area contributed by atoms with Crippen LogP contribution < -0.4 is 5.32 Å². The zero-order valence-electron chi connectivity index (χ0n) is 5.88. The number of nitrogens with one attached hydrogen (secondary N) is 1. The predicted octanol–water partition coefficient (Wildman–Crippen LogP) is 1.64. The second-order valence-corrected chi connectivity index (χ2v) is 2.14. The number of alkyl halides is 2. The fourth-order valence-electron chi connectivity index (χ4n) is 0.713. The summed E-state index contributed by atoms with van der Waals surface area (Å²) in [4.78, 5) is 0. The van der Waals surface area contributed by atoms with E-state index >= 15 is 0 Å². The van der Waals surface area contributed by atoms with E-state index in [0.29, 0.717) is 6.42 Å². The van der Waals surface area contributed by atoms with Crippen LogP contribution in [0, 0.1) is 0 Å². The van der Waals surface area contributed by atoms with E-state index < -0.39 is 5.92 Å². The van der Waals surface area contributed by atoms with Gasteiger partial charge >= 0.3 is 0 Å². The third kappa shape index (κ3) is 4.33. The topological polar surface area (TPSA) is 12.0 Å². The highest BCUT2D eigenvalue weighted by atomic mass is 19.3. The Morgan fingerprint density at radius 3 is 2.33 bits per heavy atom. The van der Waals surface area contributed by atoms with Gasteiger partial charge < -0.3 is 5.32 Å². The Morgan fingerprint density at radius 1 is 1.44 bits per heavy atom. The lowest BCUT2D eigenvalue weighted by atomic mass is 10.2. The number of rotatable bonds is 4.